The van der Waals surface area contributed by atoms with Gasteiger partial charge in [0.05, 0.1) is 26.0 Å². The molecule has 0 aromatic carbocycles. The Labute approximate surface area is 115 Å². The second-order valence-corrected chi connectivity index (χ2v) is 6.78. The van der Waals surface area contributed by atoms with Crippen LogP contribution < -0.4 is 0 Å². The Morgan fingerprint density at radius 1 is 1.26 bits per heavy atom. The van der Waals surface area contributed by atoms with Crippen molar-refractivity contribution >= 4 is 15.9 Å². The van der Waals surface area contributed by atoms with E-state index in [9.17, 15) is 13.2 Å². The van der Waals surface area contributed by atoms with E-state index < -0.39 is 10.0 Å². The minimum Gasteiger partial charge on any atom is -0.378 e. The summed E-state index contributed by atoms with van der Waals surface area (Å²) in [5.74, 6) is -0.134. The summed E-state index contributed by atoms with van der Waals surface area (Å²) >= 11 is 0. The van der Waals surface area contributed by atoms with Gasteiger partial charge in [-0.25, -0.2) is 8.42 Å². The lowest BCUT2D eigenvalue weighted by atomic mass is 10.2. The highest BCUT2D eigenvalue weighted by atomic mass is 32.2. The largest absolute Gasteiger partial charge is 0.378 e. The van der Waals surface area contributed by atoms with E-state index in [0.717, 1.165) is 25.5 Å². The topological polar surface area (TPSA) is 66.9 Å². The summed E-state index contributed by atoms with van der Waals surface area (Å²) in [6.45, 7) is 4.58. The lowest BCUT2D eigenvalue weighted by Gasteiger charge is -2.29. The fourth-order valence-corrected chi connectivity index (χ4v) is 2.77. The molecule has 0 spiro atoms. The molecule has 0 aromatic heterocycles. The standard InChI is InChI=1S/C12H24N2O4S/c1-3-4-5-6-14(19(2,16)17)11-12(15)13-7-9-18-10-8-13/h3-11H2,1-2H3. The predicted molar refractivity (Wildman–Crippen MR) is 73.3 cm³/mol. The fraction of sp³-hybridized carbons (Fsp3) is 0.917. The second kappa shape index (κ2) is 7.81. The Morgan fingerprint density at radius 2 is 1.89 bits per heavy atom. The SMILES string of the molecule is CCCCCN(CC(=O)N1CCOCC1)S(C)(=O)=O. The third kappa shape index (κ3) is 5.88. The van der Waals surface area contributed by atoms with Crippen molar-refractivity contribution in [3.8, 4) is 0 Å². The third-order valence-corrected chi connectivity index (χ3v) is 4.41. The molecule has 1 amide bonds. The number of hydrogen-bond acceptors (Lipinski definition) is 4. The van der Waals surface area contributed by atoms with Gasteiger partial charge in [-0.1, -0.05) is 19.8 Å². The predicted octanol–water partition coefficient (Wildman–Crippen LogP) is 0.297. The van der Waals surface area contributed by atoms with Gasteiger partial charge in [0.1, 0.15) is 0 Å². The number of morpholine rings is 1. The molecule has 0 unspecified atom stereocenters. The molecule has 1 rings (SSSR count). The first-order valence-electron chi connectivity index (χ1n) is 6.75. The zero-order valence-corrected chi connectivity index (χ0v) is 12.6. The maximum Gasteiger partial charge on any atom is 0.238 e. The Kier molecular flexibility index (Phi) is 6.74. The van der Waals surface area contributed by atoms with Crippen LogP contribution >= 0.6 is 0 Å². The molecular weight excluding hydrogens is 268 g/mol. The molecule has 1 heterocycles. The van der Waals surface area contributed by atoms with Crippen LogP contribution in [0.5, 0.6) is 0 Å². The highest BCUT2D eigenvalue weighted by Crippen LogP contribution is 2.06. The van der Waals surface area contributed by atoms with E-state index in [4.69, 9.17) is 4.74 Å². The van der Waals surface area contributed by atoms with Gasteiger partial charge in [0.25, 0.3) is 0 Å². The van der Waals surface area contributed by atoms with Crippen molar-refractivity contribution in [2.45, 2.75) is 26.2 Å². The summed E-state index contributed by atoms with van der Waals surface area (Å²) in [5.41, 5.74) is 0. The van der Waals surface area contributed by atoms with Crippen LogP contribution in [0, 0.1) is 0 Å². The Bertz CT molecular complexity index is 377. The van der Waals surface area contributed by atoms with Gasteiger partial charge in [-0.3, -0.25) is 4.79 Å². The second-order valence-electron chi connectivity index (χ2n) is 4.80. The van der Waals surface area contributed by atoms with Crippen molar-refractivity contribution in [2.24, 2.45) is 0 Å². The van der Waals surface area contributed by atoms with Crippen LogP contribution in [0.25, 0.3) is 0 Å². The molecule has 1 fully saturated rings. The lowest BCUT2D eigenvalue weighted by molar-refractivity contribution is -0.135. The first kappa shape index (κ1) is 16.4. The van der Waals surface area contributed by atoms with Crippen molar-refractivity contribution in [3.63, 3.8) is 0 Å². The van der Waals surface area contributed by atoms with Gasteiger partial charge in [0.2, 0.25) is 15.9 Å². The van der Waals surface area contributed by atoms with E-state index in [1.165, 1.54) is 4.31 Å². The van der Waals surface area contributed by atoms with E-state index in [1.54, 1.807) is 4.90 Å². The number of rotatable bonds is 7. The van der Waals surface area contributed by atoms with Gasteiger partial charge < -0.3 is 9.64 Å². The summed E-state index contributed by atoms with van der Waals surface area (Å²) in [7, 11) is -3.32. The molecule has 0 radical (unpaired) electrons. The van der Waals surface area contributed by atoms with E-state index >= 15 is 0 Å². The zero-order valence-electron chi connectivity index (χ0n) is 11.8. The van der Waals surface area contributed by atoms with Crippen LogP contribution in [0.1, 0.15) is 26.2 Å². The number of carbonyl (C=O) groups is 1. The summed E-state index contributed by atoms with van der Waals surface area (Å²) < 4.78 is 29.8. The van der Waals surface area contributed by atoms with E-state index in [1.807, 2.05) is 0 Å². The minimum atomic E-state index is -3.32. The first-order chi connectivity index (χ1) is 8.95. The molecule has 0 saturated carbocycles. The number of nitrogens with zero attached hydrogens (tertiary/aromatic N) is 2. The minimum absolute atomic E-state index is 0.0530. The number of amides is 1. The molecule has 112 valence electrons. The van der Waals surface area contributed by atoms with Crippen LogP contribution in [0.3, 0.4) is 0 Å². The monoisotopic (exact) mass is 292 g/mol. The first-order valence-corrected chi connectivity index (χ1v) is 8.60. The molecule has 19 heavy (non-hydrogen) atoms. The highest BCUT2D eigenvalue weighted by molar-refractivity contribution is 7.88. The third-order valence-electron chi connectivity index (χ3n) is 3.16. The van der Waals surface area contributed by atoms with Gasteiger partial charge in [-0.2, -0.15) is 4.31 Å². The maximum absolute atomic E-state index is 12.1. The number of unbranched alkanes of at least 4 members (excludes halogenated alkanes) is 2. The average molecular weight is 292 g/mol. The quantitative estimate of drug-likeness (QED) is 0.633. The van der Waals surface area contributed by atoms with Crippen LogP contribution in [0.15, 0.2) is 0 Å². The number of carbonyl (C=O) groups excluding carboxylic acids is 1. The molecule has 0 atom stereocenters. The molecule has 6 nitrogen and oxygen atoms in total. The average Bonchev–Trinajstić information content (AvgIpc) is 2.37. The summed E-state index contributed by atoms with van der Waals surface area (Å²) in [6, 6.07) is 0. The Morgan fingerprint density at radius 3 is 2.42 bits per heavy atom. The van der Waals surface area contributed by atoms with Crippen molar-refractivity contribution in [2.75, 3.05) is 45.6 Å². The molecule has 1 aliphatic heterocycles. The summed E-state index contributed by atoms with van der Waals surface area (Å²) in [6.07, 6.45) is 3.94. The van der Waals surface area contributed by atoms with Gasteiger partial charge in [0.15, 0.2) is 0 Å². The lowest BCUT2D eigenvalue weighted by Crippen LogP contribution is -2.47. The van der Waals surface area contributed by atoms with Crippen molar-refractivity contribution in [1.29, 1.82) is 0 Å². The van der Waals surface area contributed by atoms with Crippen LogP contribution in [-0.4, -0.2) is 69.2 Å². The smallest absolute Gasteiger partial charge is 0.238 e. The van der Waals surface area contributed by atoms with Gasteiger partial charge >= 0.3 is 0 Å². The Balaban J connectivity index is 2.53. The highest BCUT2D eigenvalue weighted by Gasteiger charge is 2.24. The Hall–Kier alpha value is -0.660. The zero-order chi connectivity index (χ0) is 14.3. The number of sulfonamides is 1. The number of hydrogen-bond donors (Lipinski definition) is 0. The molecular formula is C12H24N2O4S. The van der Waals surface area contributed by atoms with Crippen molar-refractivity contribution in [1.82, 2.24) is 9.21 Å². The van der Waals surface area contributed by atoms with Crippen LogP contribution in [0.4, 0.5) is 0 Å². The number of ether oxygens (including phenoxy) is 1. The van der Waals surface area contributed by atoms with Gasteiger partial charge in [-0.05, 0) is 6.42 Å². The van der Waals surface area contributed by atoms with Crippen molar-refractivity contribution in [3.05, 3.63) is 0 Å². The molecule has 0 N–H and O–H groups in total. The van der Waals surface area contributed by atoms with Crippen LogP contribution in [-0.2, 0) is 19.6 Å². The van der Waals surface area contributed by atoms with Crippen LogP contribution in [0.2, 0.25) is 0 Å². The fourth-order valence-electron chi connectivity index (χ4n) is 1.96. The normalized spacial score (nSPS) is 16.9. The maximum atomic E-state index is 12.1. The van der Waals surface area contributed by atoms with E-state index in [0.29, 0.717) is 32.8 Å². The molecule has 7 heteroatoms. The van der Waals surface area contributed by atoms with Crippen molar-refractivity contribution < 1.29 is 17.9 Å². The molecule has 0 bridgehead atoms. The summed E-state index contributed by atoms with van der Waals surface area (Å²) in [5, 5.41) is 0. The molecule has 0 aromatic rings. The van der Waals surface area contributed by atoms with E-state index in [-0.39, 0.29) is 12.5 Å². The molecule has 0 aliphatic carbocycles. The van der Waals surface area contributed by atoms with Gasteiger partial charge in [-0.15, -0.1) is 0 Å². The molecule has 1 aliphatic rings. The molecule has 1 saturated heterocycles. The van der Waals surface area contributed by atoms with E-state index in [2.05, 4.69) is 6.92 Å². The van der Waals surface area contributed by atoms with Gasteiger partial charge in [0, 0.05) is 19.6 Å². The summed E-state index contributed by atoms with van der Waals surface area (Å²) in [4.78, 5) is 13.7.